The maximum absolute atomic E-state index is 12.5. The number of halogens is 1. The van der Waals surface area contributed by atoms with Crippen molar-refractivity contribution in [2.45, 2.75) is 13.3 Å². The highest BCUT2D eigenvalue weighted by molar-refractivity contribution is 9.10. The molecular weight excluding hydrogens is 460 g/mol. The summed E-state index contributed by atoms with van der Waals surface area (Å²) < 4.78 is 11.1. The average molecular weight is 481 g/mol. The molecule has 1 aliphatic rings. The smallest absolute Gasteiger partial charge is 0.344 e. The second kappa shape index (κ2) is 9.80. The summed E-state index contributed by atoms with van der Waals surface area (Å²) in [6.45, 7) is 5.48. The van der Waals surface area contributed by atoms with Crippen LogP contribution >= 0.6 is 28.1 Å². The molecule has 1 heterocycles. The van der Waals surface area contributed by atoms with Crippen LogP contribution in [0.4, 0.5) is 0 Å². The molecule has 0 N–H and O–H groups in total. The van der Waals surface area contributed by atoms with Gasteiger partial charge in [-0.25, -0.2) is 4.79 Å². The van der Waals surface area contributed by atoms with Crippen LogP contribution in [-0.4, -0.2) is 60.0 Å². The molecule has 1 aromatic carbocycles. The highest BCUT2D eigenvalue weighted by Crippen LogP contribution is 2.33. The molecule has 154 valence electrons. The van der Waals surface area contributed by atoms with E-state index in [1.807, 2.05) is 0 Å². The van der Waals surface area contributed by atoms with Crippen LogP contribution in [0.3, 0.4) is 0 Å². The van der Waals surface area contributed by atoms with Gasteiger partial charge in [-0.3, -0.25) is 19.4 Å². The lowest BCUT2D eigenvalue weighted by Gasteiger charge is -2.31. The third kappa shape index (κ3) is 5.10. The first kappa shape index (κ1) is 22.8. The molecule has 0 spiro atoms. The van der Waals surface area contributed by atoms with Gasteiger partial charge in [-0.15, -0.1) is 6.58 Å². The van der Waals surface area contributed by atoms with Gasteiger partial charge in [0.25, 0.3) is 11.8 Å². The van der Waals surface area contributed by atoms with E-state index in [2.05, 4.69) is 22.5 Å². The van der Waals surface area contributed by atoms with Crippen LogP contribution in [0.2, 0.25) is 0 Å². The number of hydrogen-bond acceptors (Lipinski definition) is 6. The summed E-state index contributed by atoms with van der Waals surface area (Å²) in [7, 11) is 3.04. The van der Waals surface area contributed by atoms with Crippen LogP contribution in [0, 0.1) is 0 Å². The minimum atomic E-state index is -0.476. The number of esters is 1. The van der Waals surface area contributed by atoms with E-state index in [9.17, 15) is 14.4 Å². The molecular formula is C20H21BrN2O5S. The first-order chi connectivity index (χ1) is 13.7. The summed E-state index contributed by atoms with van der Waals surface area (Å²) in [5.41, 5.74) is 1.35. The molecule has 0 saturated carbocycles. The molecule has 1 aliphatic heterocycles. The molecule has 0 bridgehead atoms. The Hall–Kier alpha value is -2.52. The molecule has 2 rings (SSSR count). The van der Waals surface area contributed by atoms with Crippen LogP contribution < -0.4 is 4.74 Å². The number of benzene rings is 1. The van der Waals surface area contributed by atoms with E-state index in [0.29, 0.717) is 22.2 Å². The second-order valence-corrected chi connectivity index (χ2v) is 7.37. The van der Waals surface area contributed by atoms with Gasteiger partial charge in [-0.05, 0) is 70.8 Å². The van der Waals surface area contributed by atoms with E-state index in [1.165, 1.54) is 30.0 Å². The summed E-state index contributed by atoms with van der Waals surface area (Å²) in [6, 6.07) is 3.47. The van der Waals surface area contributed by atoms with Gasteiger partial charge in [0.1, 0.15) is 11.3 Å². The zero-order valence-corrected chi connectivity index (χ0v) is 18.8. The summed E-state index contributed by atoms with van der Waals surface area (Å²) in [4.78, 5) is 39.1. The van der Waals surface area contributed by atoms with Gasteiger partial charge >= 0.3 is 5.97 Å². The first-order valence-corrected chi connectivity index (χ1v) is 9.94. The van der Waals surface area contributed by atoms with Crippen molar-refractivity contribution in [3.05, 3.63) is 46.0 Å². The number of ether oxygens (including phenoxy) is 2. The van der Waals surface area contributed by atoms with E-state index in [-0.39, 0.29) is 23.9 Å². The SMILES string of the molecule is C=CCc1cc(C=C2C(=O)N(C)C(=S)N(C)C2=O)cc(Br)c1OCC(=O)OCC. The Morgan fingerprint density at radius 3 is 2.41 bits per heavy atom. The number of allylic oxidation sites excluding steroid dienone is 1. The van der Waals surface area contributed by atoms with Crippen LogP contribution in [0.25, 0.3) is 6.08 Å². The monoisotopic (exact) mass is 480 g/mol. The molecule has 0 atom stereocenters. The van der Waals surface area contributed by atoms with Crippen molar-refractivity contribution in [3.63, 3.8) is 0 Å². The van der Waals surface area contributed by atoms with Crippen LogP contribution in [0.1, 0.15) is 18.1 Å². The molecule has 29 heavy (non-hydrogen) atoms. The lowest BCUT2D eigenvalue weighted by Crippen LogP contribution is -2.52. The fourth-order valence-electron chi connectivity index (χ4n) is 2.70. The van der Waals surface area contributed by atoms with Gasteiger partial charge in [-0.2, -0.15) is 0 Å². The maximum atomic E-state index is 12.5. The van der Waals surface area contributed by atoms with Crippen LogP contribution in [0.5, 0.6) is 5.75 Å². The van der Waals surface area contributed by atoms with Crippen LogP contribution in [-0.2, 0) is 25.5 Å². The lowest BCUT2D eigenvalue weighted by molar-refractivity contribution is -0.145. The van der Waals surface area contributed by atoms with Crippen molar-refractivity contribution >= 4 is 57.1 Å². The number of thiocarbonyl (C=S) groups is 1. The zero-order valence-electron chi connectivity index (χ0n) is 16.4. The largest absolute Gasteiger partial charge is 0.480 e. The minimum Gasteiger partial charge on any atom is -0.480 e. The molecule has 2 amide bonds. The Morgan fingerprint density at radius 1 is 1.24 bits per heavy atom. The van der Waals surface area contributed by atoms with Gasteiger partial charge in [0.05, 0.1) is 11.1 Å². The summed E-state index contributed by atoms with van der Waals surface area (Å²) in [5.74, 6) is -0.948. The third-order valence-electron chi connectivity index (χ3n) is 4.10. The molecule has 1 fully saturated rings. The van der Waals surface area contributed by atoms with Crippen molar-refractivity contribution in [1.82, 2.24) is 9.80 Å². The summed E-state index contributed by atoms with van der Waals surface area (Å²) in [5, 5.41) is 0.147. The van der Waals surface area contributed by atoms with Gasteiger partial charge in [-0.1, -0.05) is 6.08 Å². The normalized spacial score (nSPS) is 14.2. The number of carbonyl (C=O) groups excluding carboxylic acids is 3. The molecule has 1 saturated heterocycles. The molecule has 1 aromatic rings. The number of likely N-dealkylation sites (N-methyl/N-ethyl adjacent to an activating group) is 2. The Kier molecular flexibility index (Phi) is 7.69. The first-order valence-electron chi connectivity index (χ1n) is 8.74. The quantitative estimate of drug-likeness (QED) is 0.196. The Balaban J connectivity index is 2.41. The number of hydrogen-bond donors (Lipinski definition) is 0. The van der Waals surface area contributed by atoms with Crippen molar-refractivity contribution < 1.29 is 23.9 Å². The number of rotatable bonds is 7. The minimum absolute atomic E-state index is 0.000227. The standard InChI is InChI=1S/C20H21BrN2O5S/c1-5-7-13-8-12(10-15(21)17(13)28-11-16(24)27-6-2)9-14-18(25)22(3)20(29)23(4)19(14)26/h5,8-10H,1,6-7,11H2,2-4H3. The fraction of sp³-hybridized carbons (Fsp3) is 0.300. The van der Waals surface area contributed by atoms with E-state index < -0.39 is 17.8 Å². The maximum Gasteiger partial charge on any atom is 0.344 e. The van der Waals surface area contributed by atoms with Gasteiger partial charge < -0.3 is 9.47 Å². The second-order valence-electron chi connectivity index (χ2n) is 6.15. The van der Waals surface area contributed by atoms with Gasteiger partial charge in [0.2, 0.25) is 0 Å². The highest BCUT2D eigenvalue weighted by Gasteiger charge is 2.35. The summed E-state index contributed by atoms with van der Waals surface area (Å²) in [6.07, 6.45) is 3.65. The third-order valence-corrected chi connectivity index (χ3v) is 5.24. The molecule has 0 radical (unpaired) electrons. The number of carbonyl (C=O) groups is 3. The molecule has 0 unspecified atom stereocenters. The molecule has 7 nitrogen and oxygen atoms in total. The topological polar surface area (TPSA) is 76.2 Å². The van der Waals surface area contributed by atoms with E-state index in [1.54, 1.807) is 25.1 Å². The predicted molar refractivity (Wildman–Crippen MR) is 116 cm³/mol. The Labute approximate surface area is 183 Å². The van der Waals surface area contributed by atoms with Crippen molar-refractivity contribution in [1.29, 1.82) is 0 Å². The van der Waals surface area contributed by atoms with Crippen molar-refractivity contribution in [3.8, 4) is 5.75 Å². The fourth-order valence-corrected chi connectivity index (χ4v) is 3.50. The highest BCUT2D eigenvalue weighted by atomic mass is 79.9. The van der Waals surface area contributed by atoms with Gasteiger partial charge in [0.15, 0.2) is 11.7 Å². The predicted octanol–water partition coefficient (Wildman–Crippen LogP) is 2.72. The molecule has 0 aliphatic carbocycles. The Morgan fingerprint density at radius 2 is 1.86 bits per heavy atom. The van der Waals surface area contributed by atoms with Gasteiger partial charge in [0, 0.05) is 14.1 Å². The van der Waals surface area contributed by atoms with Crippen molar-refractivity contribution in [2.75, 3.05) is 27.3 Å². The summed E-state index contributed by atoms with van der Waals surface area (Å²) >= 11 is 8.53. The molecule has 9 heteroatoms. The Bertz CT molecular complexity index is 886. The van der Waals surface area contributed by atoms with Crippen LogP contribution in [0.15, 0.2) is 34.8 Å². The van der Waals surface area contributed by atoms with E-state index in [4.69, 9.17) is 21.7 Å². The zero-order chi connectivity index (χ0) is 21.7. The lowest BCUT2D eigenvalue weighted by atomic mass is 10.0. The van der Waals surface area contributed by atoms with Crippen molar-refractivity contribution in [2.24, 2.45) is 0 Å². The average Bonchev–Trinajstić information content (AvgIpc) is 2.68. The molecule has 0 aromatic heterocycles. The number of nitrogens with zero attached hydrogens (tertiary/aromatic N) is 2. The van der Waals surface area contributed by atoms with E-state index in [0.717, 1.165) is 5.56 Å². The number of amides is 2. The van der Waals surface area contributed by atoms with E-state index >= 15 is 0 Å².